The van der Waals surface area contributed by atoms with E-state index >= 15 is 0 Å². The summed E-state index contributed by atoms with van der Waals surface area (Å²) in [5.74, 6) is -4.56. The topological polar surface area (TPSA) is 18.5 Å². The predicted octanol–water partition coefficient (Wildman–Crippen LogP) is 9.14. The lowest BCUT2D eigenvalue weighted by molar-refractivity contribution is -0.275. The quantitative estimate of drug-likeness (QED) is 0.186. The van der Waals surface area contributed by atoms with Gasteiger partial charge in [-0.1, -0.05) is 56.9 Å². The van der Waals surface area contributed by atoms with E-state index in [4.69, 9.17) is 0 Å². The highest BCUT2D eigenvalue weighted by Crippen LogP contribution is 2.42. The second-order valence-corrected chi connectivity index (χ2v) is 14.7. The molecule has 0 saturated carbocycles. The van der Waals surface area contributed by atoms with Crippen LogP contribution in [0, 0.1) is 11.6 Å². The van der Waals surface area contributed by atoms with Crippen LogP contribution in [0.5, 0.6) is 11.5 Å². The van der Waals surface area contributed by atoms with E-state index in [9.17, 15) is 30.7 Å². The molecule has 1 heterocycles. The summed E-state index contributed by atoms with van der Waals surface area (Å²) in [5, 5.41) is 0. The van der Waals surface area contributed by atoms with E-state index in [2.05, 4.69) is 22.9 Å². The van der Waals surface area contributed by atoms with Gasteiger partial charge in [0.2, 0.25) is 0 Å². The number of hydrogen-bond donors (Lipinski definition) is 0. The first-order valence-corrected chi connectivity index (χ1v) is 14.9. The molecule has 1 saturated heterocycles. The third kappa shape index (κ3) is 7.38. The summed E-state index contributed by atoms with van der Waals surface area (Å²) in [6.45, 7) is 4.58. The smallest absolute Gasteiger partial charge is 0.429 e. The molecule has 0 atom stereocenters. The summed E-state index contributed by atoms with van der Waals surface area (Å²) in [7, 11) is -1.30. The largest absolute Gasteiger partial charge is 0.573 e. The van der Waals surface area contributed by atoms with Gasteiger partial charge in [-0.3, -0.25) is 0 Å². The Morgan fingerprint density at radius 2 is 1.57 bits per heavy atom. The molecule has 0 spiro atoms. The summed E-state index contributed by atoms with van der Waals surface area (Å²) in [4.78, 5) is 0. The van der Waals surface area contributed by atoms with Crippen LogP contribution in [0.3, 0.4) is 0 Å². The van der Waals surface area contributed by atoms with Crippen molar-refractivity contribution in [2.45, 2.75) is 82.1 Å². The Balaban J connectivity index is 1.67. The summed E-state index contributed by atoms with van der Waals surface area (Å²) in [6.07, 6.45) is -3.85. The van der Waals surface area contributed by atoms with Crippen LogP contribution in [0.4, 0.5) is 30.7 Å². The molecule has 0 aromatic heterocycles. The third-order valence-corrected chi connectivity index (χ3v) is 11.3. The molecule has 1 fully saturated rings. The molecule has 2 aromatic carbocycles. The molecule has 0 bridgehead atoms. The number of unbranched alkanes of at least 4 members (excludes halogenated alkanes) is 2. The van der Waals surface area contributed by atoms with Crippen LogP contribution in [-0.4, -0.2) is 14.4 Å². The molecule has 10 heteroatoms. The number of benzene rings is 2. The van der Waals surface area contributed by atoms with Gasteiger partial charge in [0.15, 0.2) is 11.6 Å². The van der Waals surface area contributed by atoms with E-state index in [1.165, 1.54) is 31.4 Å². The zero-order chi connectivity index (χ0) is 25.9. The fourth-order valence-electron chi connectivity index (χ4n) is 4.68. The van der Waals surface area contributed by atoms with E-state index in [1.54, 1.807) is 0 Å². The van der Waals surface area contributed by atoms with E-state index < -0.39 is 49.2 Å². The van der Waals surface area contributed by atoms with Crippen molar-refractivity contribution in [2.24, 2.45) is 0 Å². The average Bonchev–Trinajstić information content (AvgIpc) is 2.75. The van der Waals surface area contributed by atoms with Gasteiger partial charge in [-0.15, -0.1) is 13.2 Å². The van der Waals surface area contributed by atoms with Crippen molar-refractivity contribution in [3.8, 4) is 11.5 Å². The van der Waals surface area contributed by atoms with Gasteiger partial charge in [0.05, 0.1) is 13.6 Å². The summed E-state index contributed by atoms with van der Waals surface area (Å²) in [6, 6.07) is 8.58. The molecule has 2 nitrogen and oxygen atoms in total. The van der Waals surface area contributed by atoms with Crippen LogP contribution in [0.1, 0.15) is 56.1 Å². The van der Waals surface area contributed by atoms with Crippen molar-refractivity contribution < 1.29 is 40.2 Å². The van der Waals surface area contributed by atoms with E-state index in [0.717, 1.165) is 37.1 Å². The molecule has 1 aliphatic rings. The van der Waals surface area contributed by atoms with Gasteiger partial charge in [-0.2, -0.15) is 8.78 Å². The van der Waals surface area contributed by atoms with E-state index in [-0.39, 0.29) is 5.92 Å². The summed E-state index contributed by atoms with van der Waals surface area (Å²) in [5.41, 5.74) is -0.377. The normalized spacial score (nSPS) is 21.1. The molecule has 0 amide bonds. The molecule has 194 valence electrons. The number of ether oxygens (including phenoxy) is 2. The zero-order valence-corrected chi connectivity index (χ0v) is 20.7. The third-order valence-electron chi connectivity index (χ3n) is 6.73. The molecular weight excluding hydrogens is 493 g/mol. The highest BCUT2D eigenvalue weighted by molar-refractivity contribution is 6.78. The van der Waals surface area contributed by atoms with Crippen molar-refractivity contribution >= 4 is 8.07 Å². The Labute approximate surface area is 201 Å². The van der Waals surface area contributed by atoms with E-state index in [1.807, 2.05) is 0 Å². The Morgan fingerprint density at radius 1 is 0.886 bits per heavy atom. The molecule has 0 N–H and O–H groups in total. The Bertz CT molecular complexity index is 1000. The zero-order valence-electron chi connectivity index (χ0n) is 19.7. The van der Waals surface area contributed by atoms with Crippen LogP contribution in [-0.2, 0) is 6.11 Å². The summed E-state index contributed by atoms with van der Waals surface area (Å²) < 4.78 is 102. The van der Waals surface area contributed by atoms with Crippen LogP contribution in [0.2, 0.25) is 24.7 Å². The minimum Gasteiger partial charge on any atom is -0.429 e. The standard InChI is InChI=1S/C25H29F7O2Si/c1-3-4-5-12-35(2)13-10-17(11-14-35)18-6-8-20(21(26)15-18)24(28,29)33-19-7-9-23(22(27)16-19)34-25(30,31)32/h6-9,15-17H,3-5,10-14H2,1-2H3. The highest BCUT2D eigenvalue weighted by Gasteiger charge is 2.39. The molecule has 35 heavy (non-hydrogen) atoms. The fraction of sp³-hybridized carbons (Fsp3) is 0.520. The maximum absolute atomic E-state index is 14.7. The van der Waals surface area contributed by atoms with Crippen molar-refractivity contribution in [1.82, 2.24) is 0 Å². The lowest BCUT2D eigenvalue weighted by atomic mass is 9.92. The lowest BCUT2D eigenvalue weighted by Crippen LogP contribution is -2.34. The first-order chi connectivity index (χ1) is 16.3. The second-order valence-electron chi connectivity index (χ2n) is 9.54. The minimum absolute atomic E-state index is 0.107. The summed E-state index contributed by atoms with van der Waals surface area (Å²) >= 11 is 0. The minimum atomic E-state index is -5.15. The number of rotatable bonds is 9. The van der Waals surface area contributed by atoms with Crippen LogP contribution in [0.25, 0.3) is 0 Å². The predicted molar refractivity (Wildman–Crippen MR) is 122 cm³/mol. The van der Waals surface area contributed by atoms with E-state index in [0.29, 0.717) is 23.8 Å². The maximum atomic E-state index is 14.7. The fourth-order valence-corrected chi connectivity index (χ4v) is 8.62. The second kappa shape index (κ2) is 10.8. The van der Waals surface area contributed by atoms with Crippen molar-refractivity contribution in [3.63, 3.8) is 0 Å². The number of alkyl halides is 5. The van der Waals surface area contributed by atoms with Gasteiger partial charge in [-0.05, 0) is 48.6 Å². The first-order valence-electron chi connectivity index (χ1n) is 11.7. The Kier molecular flexibility index (Phi) is 8.44. The molecule has 0 radical (unpaired) electrons. The van der Waals surface area contributed by atoms with Crippen LogP contribution >= 0.6 is 0 Å². The average molecular weight is 523 g/mol. The van der Waals surface area contributed by atoms with Gasteiger partial charge in [0, 0.05) is 6.07 Å². The Morgan fingerprint density at radius 3 is 2.14 bits per heavy atom. The van der Waals surface area contributed by atoms with Gasteiger partial charge in [0.1, 0.15) is 11.6 Å². The molecule has 1 aliphatic heterocycles. The first kappa shape index (κ1) is 27.4. The molecular formula is C25H29F7O2Si. The molecule has 2 aromatic rings. The number of halogens is 7. The molecule has 0 aliphatic carbocycles. The SMILES string of the molecule is CCCCC[Si]1(C)CCC(c2ccc(C(F)(F)Oc3ccc(OC(F)(F)F)c(F)c3)c(F)c2)CC1. The van der Waals surface area contributed by atoms with Crippen molar-refractivity contribution in [2.75, 3.05) is 0 Å². The van der Waals surface area contributed by atoms with Gasteiger partial charge >= 0.3 is 12.5 Å². The van der Waals surface area contributed by atoms with Crippen LogP contribution in [0.15, 0.2) is 36.4 Å². The van der Waals surface area contributed by atoms with Gasteiger partial charge in [-0.25, -0.2) is 8.78 Å². The lowest BCUT2D eigenvalue weighted by Gasteiger charge is -2.36. The van der Waals surface area contributed by atoms with Gasteiger partial charge < -0.3 is 9.47 Å². The monoisotopic (exact) mass is 522 g/mol. The molecule has 3 rings (SSSR count). The maximum Gasteiger partial charge on any atom is 0.573 e. The number of hydrogen-bond acceptors (Lipinski definition) is 2. The van der Waals surface area contributed by atoms with Crippen molar-refractivity contribution in [1.29, 1.82) is 0 Å². The highest BCUT2D eigenvalue weighted by atomic mass is 28.3. The van der Waals surface area contributed by atoms with Crippen LogP contribution < -0.4 is 9.47 Å². The van der Waals surface area contributed by atoms with Gasteiger partial charge in [0.25, 0.3) is 0 Å². The molecule has 0 unspecified atom stereocenters. The van der Waals surface area contributed by atoms with Crippen molar-refractivity contribution in [3.05, 3.63) is 59.2 Å². The Hall–Kier alpha value is -2.23.